The molecule has 0 radical (unpaired) electrons. The van der Waals surface area contributed by atoms with Gasteiger partial charge < -0.3 is 5.32 Å². The van der Waals surface area contributed by atoms with E-state index in [4.69, 9.17) is 11.6 Å². The Morgan fingerprint density at radius 2 is 1.77 bits per heavy atom. The molecule has 2 aromatic carbocycles. The third kappa shape index (κ3) is 4.32. The Labute approximate surface area is 135 Å². The molecule has 0 aliphatic heterocycles. The first kappa shape index (κ1) is 16.5. The van der Waals surface area contributed by atoms with Crippen LogP contribution in [-0.4, -0.2) is 20.6 Å². The summed E-state index contributed by atoms with van der Waals surface area (Å²) in [7, 11) is -3.22. The van der Waals surface area contributed by atoms with E-state index >= 15 is 0 Å². The Hall–Kier alpha value is -1.85. The van der Waals surface area contributed by atoms with Crippen LogP contribution < -0.4 is 5.32 Å². The summed E-state index contributed by atoms with van der Waals surface area (Å²) >= 11 is 6.01. The zero-order valence-corrected chi connectivity index (χ0v) is 13.8. The van der Waals surface area contributed by atoms with Gasteiger partial charge in [-0.1, -0.05) is 29.8 Å². The molecule has 0 heterocycles. The van der Waals surface area contributed by atoms with Gasteiger partial charge >= 0.3 is 0 Å². The van der Waals surface area contributed by atoms with Crippen LogP contribution in [0.4, 0.5) is 5.69 Å². The second-order valence-corrected chi connectivity index (χ2v) is 7.53. The molecule has 0 aliphatic rings. The predicted octanol–water partition coefficient (Wildman–Crippen LogP) is 3.23. The fraction of sp³-hybridized carbons (Fsp3) is 0.188. The van der Waals surface area contributed by atoms with Crippen LogP contribution in [0.2, 0.25) is 5.02 Å². The molecule has 1 amide bonds. The van der Waals surface area contributed by atoms with Crippen LogP contribution in [-0.2, 0) is 21.1 Å². The number of hydrogen-bond donors (Lipinski definition) is 1. The summed E-state index contributed by atoms with van der Waals surface area (Å²) in [6.45, 7) is 1.89. The highest BCUT2D eigenvalue weighted by Gasteiger charge is 2.09. The standard InChI is InChI=1S/C16H16ClNO3S/c1-11-3-6-13(10-15(11)17)18-16(19)9-12-4-7-14(8-5-12)22(2,20)21/h3-8,10H,9H2,1-2H3,(H,18,19). The van der Waals surface area contributed by atoms with Gasteiger partial charge in [0, 0.05) is 17.0 Å². The Morgan fingerprint density at radius 1 is 1.14 bits per heavy atom. The van der Waals surface area contributed by atoms with Crippen LogP contribution in [0.1, 0.15) is 11.1 Å². The average Bonchev–Trinajstić information content (AvgIpc) is 2.42. The molecule has 0 unspecified atom stereocenters. The number of amides is 1. The summed E-state index contributed by atoms with van der Waals surface area (Å²) < 4.78 is 22.8. The number of nitrogens with one attached hydrogen (secondary N) is 1. The summed E-state index contributed by atoms with van der Waals surface area (Å²) in [4.78, 5) is 12.2. The number of sulfone groups is 1. The molecule has 0 spiro atoms. The molecule has 1 N–H and O–H groups in total. The summed E-state index contributed by atoms with van der Waals surface area (Å²) in [5, 5.41) is 3.35. The first-order valence-corrected chi connectivity index (χ1v) is 8.87. The minimum Gasteiger partial charge on any atom is -0.326 e. The normalized spacial score (nSPS) is 11.2. The molecule has 22 heavy (non-hydrogen) atoms. The van der Waals surface area contributed by atoms with Gasteiger partial charge in [-0.2, -0.15) is 0 Å². The Balaban J connectivity index is 2.04. The molecule has 0 aliphatic carbocycles. The lowest BCUT2D eigenvalue weighted by Gasteiger charge is -2.07. The van der Waals surface area contributed by atoms with Gasteiger partial charge in [0.2, 0.25) is 5.91 Å². The lowest BCUT2D eigenvalue weighted by atomic mass is 10.1. The second kappa shape index (κ2) is 6.50. The van der Waals surface area contributed by atoms with Gasteiger partial charge in [0.25, 0.3) is 0 Å². The van der Waals surface area contributed by atoms with Crippen molar-refractivity contribution in [3.8, 4) is 0 Å². The van der Waals surface area contributed by atoms with E-state index in [1.807, 2.05) is 13.0 Å². The van der Waals surface area contributed by atoms with Gasteiger partial charge in [-0.05, 0) is 42.3 Å². The van der Waals surface area contributed by atoms with Crippen molar-refractivity contribution in [3.63, 3.8) is 0 Å². The lowest BCUT2D eigenvalue weighted by Crippen LogP contribution is -2.14. The smallest absolute Gasteiger partial charge is 0.228 e. The molecule has 2 aromatic rings. The van der Waals surface area contributed by atoms with E-state index in [-0.39, 0.29) is 17.2 Å². The van der Waals surface area contributed by atoms with Crippen molar-refractivity contribution in [2.45, 2.75) is 18.2 Å². The number of carbonyl (C=O) groups excluding carboxylic acids is 1. The third-order valence-corrected chi connectivity index (χ3v) is 4.71. The molecular formula is C16H16ClNO3S. The number of halogens is 1. The molecule has 0 bridgehead atoms. The first-order valence-electron chi connectivity index (χ1n) is 6.61. The number of hydrogen-bond acceptors (Lipinski definition) is 3. The lowest BCUT2D eigenvalue weighted by molar-refractivity contribution is -0.115. The largest absolute Gasteiger partial charge is 0.326 e. The van der Waals surface area contributed by atoms with E-state index in [0.717, 1.165) is 17.4 Å². The van der Waals surface area contributed by atoms with E-state index in [0.29, 0.717) is 10.7 Å². The molecule has 0 fully saturated rings. The van der Waals surface area contributed by atoms with Crippen molar-refractivity contribution in [2.75, 3.05) is 11.6 Å². The SMILES string of the molecule is Cc1ccc(NC(=O)Cc2ccc(S(C)(=O)=O)cc2)cc1Cl. The fourth-order valence-corrected chi connectivity index (χ4v) is 2.73. The van der Waals surface area contributed by atoms with E-state index in [2.05, 4.69) is 5.32 Å². The number of aryl methyl sites for hydroxylation is 1. The zero-order valence-electron chi connectivity index (χ0n) is 12.3. The summed E-state index contributed by atoms with van der Waals surface area (Å²) in [6.07, 6.45) is 1.31. The fourth-order valence-electron chi connectivity index (χ4n) is 1.92. The molecule has 0 saturated heterocycles. The molecule has 4 nitrogen and oxygen atoms in total. The van der Waals surface area contributed by atoms with E-state index in [1.165, 1.54) is 12.1 Å². The zero-order chi connectivity index (χ0) is 16.3. The molecule has 0 aromatic heterocycles. The molecular weight excluding hydrogens is 322 g/mol. The highest BCUT2D eigenvalue weighted by molar-refractivity contribution is 7.90. The van der Waals surface area contributed by atoms with Crippen LogP contribution >= 0.6 is 11.6 Å². The van der Waals surface area contributed by atoms with Crippen LogP contribution in [0, 0.1) is 6.92 Å². The maximum atomic E-state index is 12.0. The van der Waals surface area contributed by atoms with Gasteiger partial charge in [0.15, 0.2) is 9.84 Å². The number of carbonyl (C=O) groups is 1. The van der Waals surface area contributed by atoms with Gasteiger partial charge in [0.05, 0.1) is 11.3 Å². The second-order valence-electron chi connectivity index (χ2n) is 5.11. The van der Waals surface area contributed by atoms with Crippen LogP contribution in [0.3, 0.4) is 0 Å². The number of anilines is 1. The summed E-state index contributed by atoms with van der Waals surface area (Å²) in [5.74, 6) is -0.188. The van der Waals surface area contributed by atoms with Crippen molar-refractivity contribution in [3.05, 3.63) is 58.6 Å². The van der Waals surface area contributed by atoms with E-state index < -0.39 is 9.84 Å². The van der Waals surface area contributed by atoms with E-state index in [1.54, 1.807) is 24.3 Å². The highest BCUT2D eigenvalue weighted by atomic mass is 35.5. The third-order valence-electron chi connectivity index (χ3n) is 3.17. The molecule has 6 heteroatoms. The van der Waals surface area contributed by atoms with Crippen LogP contribution in [0.5, 0.6) is 0 Å². The minimum atomic E-state index is -3.22. The number of rotatable bonds is 4. The van der Waals surface area contributed by atoms with Crippen molar-refractivity contribution < 1.29 is 13.2 Å². The van der Waals surface area contributed by atoms with Gasteiger partial charge in [-0.3, -0.25) is 4.79 Å². The van der Waals surface area contributed by atoms with Gasteiger partial charge in [-0.15, -0.1) is 0 Å². The molecule has 116 valence electrons. The predicted molar refractivity (Wildman–Crippen MR) is 88.1 cm³/mol. The summed E-state index contributed by atoms with van der Waals surface area (Å²) in [5.41, 5.74) is 2.31. The molecule has 0 saturated carbocycles. The molecule has 2 rings (SSSR count). The summed E-state index contributed by atoms with van der Waals surface area (Å²) in [6, 6.07) is 11.6. The minimum absolute atomic E-state index is 0.162. The van der Waals surface area contributed by atoms with Crippen molar-refractivity contribution >= 4 is 33.0 Å². The van der Waals surface area contributed by atoms with Crippen LogP contribution in [0.25, 0.3) is 0 Å². The van der Waals surface area contributed by atoms with Gasteiger partial charge in [0.1, 0.15) is 0 Å². The van der Waals surface area contributed by atoms with Gasteiger partial charge in [-0.25, -0.2) is 8.42 Å². The van der Waals surface area contributed by atoms with Crippen LogP contribution in [0.15, 0.2) is 47.4 Å². The Bertz CT molecular complexity index is 799. The molecule has 0 atom stereocenters. The van der Waals surface area contributed by atoms with E-state index in [9.17, 15) is 13.2 Å². The van der Waals surface area contributed by atoms with Crippen molar-refractivity contribution in [2.24, 2.45) is 0 Å². The Morgan fingerprint density at radius 3 is 2.32 bits per heavy atom. The topological polar surface area (TPSA) is 63.2 Å². The number of benzene rings is 2. The highest BCUT2D eigenvalue weighted by Crippen LogP contribution is 2.20. The average molecular weight is 338 g/mol. The quantitative estimate of drug-likeness (QED) is 0.931. The first-order chi connectivity index (χ1) is 10.3. The Kier molecular flexibility index (Phi) is 4.88. The maximum absolute atomic E-state index is 12.0. The maximum Gasteiger partial charge on any atom is 0.228 e. The monoisotopic (exact) mass is 337 g/mol. The van der Waals surface area contributed by atoms with Crippen molar-refractivity contribution in [1.29, 1.82) is 0 Å². The van der Waals surface area contributed by atoms with Crippen molar-refractivity contribution in [1.82, 2.24) is 0 Å².